The van der Waals surface area contributed by atoms with E-state index in [0.29, 0.717) is 5.56 Å². The molecule has 0 N–H and O–H groups in total. The molecule has 2 atom stereocenters. The molecular weight excluding hydrogens is 260 g/mol. The van der Waals surface area contributed by atoms with Crippen molar-refractivity contribution in [1.82, 2.24) is 0 Å². The van der Waals surface area contributed by atoms with E-state index in [0.717, 1.165) is 0 Å². The van der Waals surface area contributed by atoms with E-state index in [1.54, 1.807) is 37.3 Å². The summed E-state index contributed by atoms with van der Waals surface area (Å²) in [5.41, 5.74) is -1.02. The van der Waals surface area contributed by atoms with Gasteiger partial charge in [-0.1, -0.05) is 30.3 Å². The zero-order valence-electron chi connectivity index (χ0n) is 11.4. The van der Waals surface area contributed by atoms with Crippen molar-refractivity contribution in [2.45, 2.75) is 19.8 Å². The quantitative estimate of drug-likeness (QED) is 0.451. The third-order valence-corrected chi connectivity index (χ3v) is 3.16. The molecule has 1 aromatic carbocycles. The number of nitro groups is 1. The molecule has 0 amide bonds. The third-order valence-electron chi connectivity index (χ3n) is 3.16. The second kappa shape index (κ2) is 6.66. The number of carbonyl (C=O) groups is 1. The monoisotopic (exact) mass is 276 g/mol. The van der Waals surface area contributed by atoms with Crippen molar-refractivity contribution >= 4 is 5.97 Å². The van der Waals surface area contributed by atoms with Crippen LogP contribution in [0.4, 0.5) is 0 Å². The van der Waals surface area contributed by atoms with Crippen molar-refractivity contribution in [2.24, 2.45) is 5.41 Å². The Bertz CT molecular complexity index is 524. The Kier molecular flexibility index (Phi) is 5.21. The summed E-state index contributed by atoms with van der Waals surface area (Å²) in [5.74, 6) is -1.60. The minimum atomic E-state index is -1.59. The fraction of sp³-hybridized carbons (Fsp3) is 0.429. The van der Waals surface area contributed by atoms with Crippen LogP contribution in [0.15, 0.2) is 30.3 Å². The van der Waals surface area contributed by atoms with E-state index >= 15 is 0 Å². The summed E-state index contributed by atoms with van der Waals surface area (Å²) in [6, 6.07) is 10.4. The highest BCUT2D eigenvalue weighted by atomic mass is 16.6. The fourth-order valence-corrected chi connectivity index (χ4v) is 2.00. The van der Waals surface area contributed by atoms with Crippen LogP contribution in [0.5, 0.6) is 0 Å². The van der Waals surface area contributed by atoms with Crippen molar-refractivity contribution in [3.63, 3.8) is 0 Å². The molecule has 20 heavy (non-hydrogen) atoms. The van der Waals surface area contributed by atoms with Crippen LogP contribution < -0.4 is 0 Å². The molecule has 0 aliphatic carbocycles. The third kappa shape index (κ3) is 3.32. The van der Waals surface area contributed by atoms with Crippen LogP contribution in [-0.4, -0.2) is 24.0 Å². The highest BCUT2D eigenvalue weighted by molar-refractivity contribution is 5.81. The van der Waals surface area contributed by atoms with Gasteiger partial charge >= 0.3 is 5.97 Å². The molecule has 0 aliphatic rings. The zero-order valence-corrected chi connectivity index (χ0v) is 11.4. The van der Waals surface area contributed by atoms with Crippen LogP contribution in [0.3, 0.4) is 0 Å². The average Bonchev–Trinajstić information content (AvgIpc) is 2.45. The van der Waals surface area contributed by atoms with Crippen molar-refractivity contribution in [3.05, 3.63) is 46.0 Å². The minimum Gasteiger partial charge on any atom is -0.465 e. The van der Waals surface area contributed by atoms with E-state index in [-0.39, 0.29) is 6.61 Å². The van der Waals surface area contributed by atoms with E-state index in [1.807, 2.05) is 6.07 Å². The lowest BCUT2D eigenvalue weighted by Crippen LogP contribution is -2.38. The molecule has 6 heteroatoms. The van der Waals surface area contributed by atoms with Gasteiger partial charge in [0.2, 0.25) is 6.54 Å². The van der Waals surface area contributed by atoms with E-state index in [1.165, 1.54) is 6.92 Å². The summed E-state index contributed by atoms with van der Waals surface area (Å²) in [7, 11) is 0. The normalized spacial score (nSPS) is 14.7. The summed E-state index contributed by atoms with van der Waals surface area (Å²) in [6.07, 6.45) is 0. The maximum atomic E-state index is 12.0. The van der Waals surface area contributed by atoms with Crippen LogP contribution >= 0.6 is 0 Å². The Hall–Kier alpha value is -2.42. The summed E-state index contributed by atoms with van der Waals surface area (Å²) >= 11 is 0. The van der Waals surface area contributed by atoms with Crippen molar-refractivity contribution in [2.75, 3.05) is 13.2 Å². The predicted molar refractivity (Wildman–Crippen MR) is 71.4 cm³/mol. The van der Waals surface area contributed by atoms with Gasteiger partial charge in [-0.2, -0.15) is 5.26 Å². The van der Waals surface area contributed by atoms with E-state index in [4.69, 9.17) is 4.74 Å². The molecule has 6 nitrogen and oxygen atoms in total. The number of ether oxygens (including phenoxy) is 1. The molecule has 0 bridgehead atoms. The molecule has 0 aliphatic heterocycles. The molecule has 0 unspecified atom stereocenters. The lowest BCUT2D eigenvalue weighted by atomic mass is 9.74. The zero-order chi connectivity index (χ0) is 15.2. The van der Waals surface area contributed by atoms with Gasteiger partial charge in [-0.05, 0) is 19.4 Å². The highest BCUT2D eigenvalue weighted by Crippen LogP contribution is 2.36. The predicted octanol–water partition coefficient (Wildman–Crippen LogP) is 2.14. The maximum absolute atomic E-state index is 12.0. The molecule has 0 heterocycles. The first-order chi connectivity index (χ1) is 9.45. The molecule has 1 rings (SSSR count). The number of rotatable bonds is 6. The smallest absolute Gasteiger partial charge is 0.327 e. The Labute approximate surface area is 117 Å². The summed E-state index contributed by atoms with van der Waals surface area (Å²) in [5, 5.41) is 20.2. The molecule has 106 valence electrons. The Balaban J connectivity index is 3.24. The van der Waals surface area contributed by atoms with Crippen LogP contribution in [-0.2, 0) is 9.53 Å². The molecule has 0 radical (unpaired) electrons. The van der Waals surface area contributed by atoms with Gasteiger partial charge in [0.15, 0.2) is 5.41 Å². The largest absolute Gasteiger partial charge is 0.465 e. The van der Waals surface area contributed by atoms with Gasteiger partial charge < -0.3 is 4.74 Å². The van der Waals surface area contributed by atoms with Gasteiger partial charge in [-0.15, -0.1) is 0 Å². The number of carbonyl (C=O) groups excluding carboxylic acids is 1. The number of nitrogens with zero attached hydrogens (tertiary/aromatic N) is 2. The standard InChI is InChI=1S/C14H16N2O4/c1-3-20-13(17)14(2,10-15)12(9-16(18)19)11-7-5-4-6-8-11/h4-8,12H,3,9H2,1-2H3/t12-,14-/m1/s1. The number of hydrogen-bond acceptors (Lipinski definition) is 5. The molecular formula is C14H16N2O4. The van der Waals surface area contributed by atoms with Crippen LogP contribution in [0, 0.1) is 26.9 Å². The Morgan fingerprint density at radius 2 is 2.10 bits per heavy atom. The Morgan fingerprint density at radius 3 is 2.55 bits per heavy atom. The van der Waals surface area contributed by atoms with Crippen molar-refractivity contribution < 1.29 is 14.5 Å². The van der Waals surface area contributed by atoms with E-state index in [9.17, 15) is 20.2 Å². The van der Waals surface area contributed by atoms with Gasteiger partial charge in [0.1, 0.15) is 0 Å². The van der Waals surface area contributed by atoms with Gasteiger partial charge in [0.25, 0.3) is 0 Å². The van der Waals surface area contributed by atoms with Gasteiger partial charge in [-0.3, -0.25) is 14.9 Å². The Morgan fingerprint density at radius 1 is 1.50 bits per heavy atom. The number of nitriles is 1. The number of benzene rings is 1. The lowest BCUT2D eigenvalue weighted by molar-refractivity contribution is -0.485. The number of hydrogen-bond donors (Lipinski definition) is 0. The SMILES string of the molecule is CCOC(=O)[C@](C)(C#N)[C@H](C[N+](=O)[O-])c1ccccc1. The topological polar surface area (TPSA) is 93.2 Å². The molecule has 0 saturated carbocycles. The van der Waals surface area contributed by atoms with Crippen molar-refractivity contribution in [1.29, 1.82) is 5.26 Å². The summed E-state index contributed by atoms with van der Waals surface area (Å²) in [6.45, 7) is 2.62. The van der Waals surface area contributed by atoms with E-state index in [2.05, 4.69) is 0 Å². The molecule has 1 aromatic rings. The first kappa shape index (κ1) is 15.6. The first-order valence-electron chi connectivity index (χ1n) is 6.21. The second-order valence-electron chi connectivity index (χ2n) is 4.51. The molecule has 0 fully saturated rings. The number of esters is 1. The van der Waals surface area contributed by atoms with E-state index < -0.39 is 28.8 Å². The van der Waals surface area contributed by atoms with Crippen LogP contribution in [0.2, 0.25) is 0 Å². The summed E-state index contributed by atoms with van der Waals surface area (Å²) < 4.78 is 4.90. The minimum absolute atomic E-state index is 0.121. The average molecular weight is 276 g/mol. The van der Waals surface area contributed by atoms with Gasteiger partial charge in [0, 0.05) is 4.92 Å². The molecule has 0 spiro atoms. The van der Waals surface area contributed by atoms with Gasteiger partial charge in [-0.25, -0.2) is 0 Å². The molecule has 0 saturated heterocycles. The summed E-state index contributed by atoms with van der Waals surface area (Å²) in [4.78, 5) is 22.4. The van der Waals surface area contributed by atoms with Crippen molar-refractivity contribution in [3.8, 4) is 6.07 Å². The highest BCUT2D eigenvalue weighted by Gasteiger charge is 2.46. The fourth-order valence-electron chi connectivity index (χ4n) is 2.00. The molecule has 0 aromatic heterocycles. The second-order valence-corrected chi connectivity index (χ2v) is 4.51. The van der Waals surface area contributed by atoms with Crippen LogP contribution in [0.1, 0.15) is 25.3 Å². The first-order valence-corrected chi connectivity index (χ1v) is 6.21. The van der Waals surface area contributed by atoms with Gasteiger partial charge in [0.05, 0.1) is 18.6 Å². The maximum Gasteiger partial charge on any atom is 0.327 e. The lowest BCUT2D eigenvalue weighted by Gasteiger charge is -2.27. The van der Waals surface area contributed by atoms with Crippen LogP contribution in [0.25, 0.3) is 0 Å².